The SMILES string of the molecule is CCNCc1ccoc1CN(C)CC(C)C. The lowest BCUT2D eigenvalue weighted by atomic mass is 10.2. The van der Waals surface area contributed by atoms with Crippen molar-refractivity contribution in [2.45, 2.75) is 33.9 Å². The van der Waals surface area contributed by atoms with Crippen LogP contribution in [0.3, 0.4) is 0 Å². The summed E-state index contributed by atoms with van der Waals surface area (Å²) in [5.74, 6) is 1.78. The van der Waals surface area contributed by atoms with Crippen LogP contribution >= 0.6 is 0 Å². The van der Waals surface area contributed by atoms with E-state index < -0.39 is 0 Å². The third-order valence-electron chi connectivity index (χ3n) is 2.49. The third-order valence-corrected chi connectivity index (χ3v) is 2.49. The van der Waals surface area contributed by atoms with Crippen LogP contribution in [0.25, 0.3) is 0 Å². The van der Waals surface area contributed by atoms with Gasteiger partial charge in [0.05, 0.1) is 12.8 Å². The molecule has 3 nitrogen and oxygen atoms in total. The first kappa shape index (κ1) is 13.3. The molecule has 0 aliphatic rings. The van der Waals surface area contributed by atoms with E-state index in [0.717, 1.165) is 31.9 Å². The van der Waals surface area contributed by atoms with Gasteiger partial charge < -0.3 is 9.73 Å². The van der Waals surface area contributed by atoms with Gasteiger partial charge in [-0.05, 0) is 25.6 Å². The summed E-state index contributed by atoms with van der Waals surface area (Å²) in [6, 6.07) is 2.06. The average molecular weight is 224 g/mol. The van der Waals surface area contributed by atoms with E-state index in [1.54, 1.807) is 6.26 Å². The van der Waals surface area contributed by atoms with Crippen LogP contribution in [0.4, 0.5) is 0 Å². The maximum Gasteiger partial charge on any atom is 0.122 e. The van der Waals surface area contributed by atoms with Gasteiger partial charge in [-0.1, -0.05) is 20.8 Å². The minimum Gasteiger partial charge on any atom is -0.468 e. The molecule has 16 heavy (non-hydrogen) atoms. The normalized spacial score (nSPS) is 11.6. The van der Waals surface area contributed by atoms with Crippen molar-refractivity contribution in [1.29, 1.82) is 0 Å². The predicted octanol–water partition coefficient (Wildman–Crippen LogP) is 2.48. The highest BCUT2D eigenvalue weighted by molar-refractivity contribution is 5.16. The van der Waals surface area contributed by atoms with E-state index in [2.05, 4.69) is 44.1 Å². The summed E-state index contributed by atoms with van der Waals surface area (Å²) in [4.78, 5) is 2.30. The van der Waals surface area contributed by atoms with Crippen LogP contribution in [0.5, 0.6) is 0 Å². The number of nitrogens with one attached hydrogen (secondary N) is 1. The van der Waals surface area contributed by atoms with Crippen LogP contribution in [0.2, 0.25) is 0 Å². The molecule has 0 atom stereocenters. The number of nitrogens with zero attached hydrogens (tertiary/aromatic N) is 1. The molecule has 1 rings (SSSR count). The van der Waals surface area contributed by atoms with Crippen LogP contribution in [-0.4, -0.2) is 25.0 Å². The van der Waals surface area contributed by atoms with Crippen molar-refractivity contribution in [2.75, 3.05) is 20.1 Å². The minimum absolute atomic E-state index is 0.692. The maximum atomic E-state index is 5.53. The summed E-state index contributed by atoms with van der Waals surface area (Å²) in [5.41, 5.74) is 1.28. The zero-order valence-electron chi connectivity index (χ0n) is 10.9. The Kier molecular flexibility index (Phi) is 5.56. The fourth-order valence-corrected chi connectivity index (χ4v) is 1.86. The molecule has 0 spiro atoms. The van der Waals surface area contributed by atoms with Crippen LogP contribution < -0.4 is 5.32 Å². The highest BCUT2D eigenvalue weighted by Gasteiger charge is 2.09. The van der Waals surface area contributed by atoms with E-state index in [-0.39, 0.29) is 0 Å². The van der Waals surface area contributed by atoms with Gasteiger partial charge in [-0.25, -0.2) is 0 Å². The molecule has 0 saturated heterocycles. The lowest BCUT2D eigenvalue weighted by Gasteiger charge is -2.18. The average Bonchev–Trinajstić information content (AvgIpc) is 2.61. The van der Waals surface area contributed by atoms with Crippen molar-refractivity contribution < 1.29 is 4.42 Å². The lowest BCUT2D eigenvalue weighted by molar-refractivity contribution is 0.263. The van der Waals surface area contributed by atoms with Crippen molar-refractivity contribution in [1.82, 2.24) is 10.2 Å². The zero-order valence-corrected chi connectivity index (χ0v) is 10.9. The first-order valence-corrected chi connectivity index (χ1v) is 6.08. The summed E-state index contributed by atoms with van der Waals surface area (Å²) < 4.78 is 5.53. The molecule has 92 valence electrons. The Morgan fingerprint density at radius 1 is 1.44 bits per heavy atom. The number of furan rings is 1. The molecule has 1 heterocycles. The summed E-state index contributed by atoms with van der Waals surface area (Å²) in [5, 5.41) is 3.33. The maximum absolute atomic E-state index is 5.53. The Bertz CT molecular complexity index is 294. The van der Waals surface area contributed by atoms with Crippen LogP contribution in [0, 0.1) is 5.92 Å². The Hall–Kier alpha value is -0.800. The van der Waals surface area contributed by atoms with E-state index in [1.165, 1.54) is 5.56 Å². The summed E-state index contributed by atoms with van der Waals surface area (Å²) >= 11 is 0. The second-order valence-electron chi connectivity index (χ2n) is 4.74. The second-order valence-corrected chi connectivity index (χ2v) is 4.74. The summed E-state index contributed by atoms with van der Waals surface area (Å²) in [7, 11) is 2.14. The quantitative estimate of drug-likeness (QED) is 0.771. The van der Waals surface area contributed by atoms with E-state index >= 15 is 0 Å². The van der Waals surface area contributed by atoms with Gasteiger partial charge in [-0.2, -0.15) is 0 Å². The number of hydrogen-bond donors (Lipinski definition) is 1. The zero-order chi connectivity index (χ0) is 12.0. The molecule has 0 amide bonds. The Morgan fingerprint density at radius 2 is 2.19 bits per heavy atom. The fourth-order valence-electron chi connectivity index (χ4n) is 1.86. The van der Waals surface area contributed by atoms with E-state index in [1.807, 2.05) is 0 Å². The highest BCUT2D eigenvalue weighted by Crippen LogP contribution is 2.13. The largest absolute Gasteiger partial charge is 0.468 e. The number of hydrogen-bond acceptors (Lipinski definition) is 3. The van der Waals surface area contributed by atoms with Gasteiger partial charge >= 0.3 is 0 Å². The van der Waals surface area contributed by atoms with Crippen molar-refractivity contribution in [3.63, 3.8) is 0 Å². The van der Waals surface area contributed by atoms with Crippen LogP contribution in [0.15, 0.2) is 16.7 Å². The molecule has 0 fully saturated rings. The molecule has 0 aromatic carbocycles. The van der Waals surface area contributed by atoms with Crippen molar-refractivity contribution in [3.05, 3.63) is 23.7 Å². The van der Waals surface area contributed by atoms with Crippen LogP contribution in [0.1, 0.15) is 32.1 Å². The Morgan fingerprint density at radius 3 is 2.81 bits per heavy atom. The summed E-state index contributed by atoms with van der Waals surface area (Å²) in [6.07, 6.45) is 1.78. The van der Waals surface area contributed by atoms with Crippen LogP contribution in [-0.2, 0) is 13.1 Å². The van der Waals surface area contributed by atoms with Crippen molar-refractivity contribution in [3.8, 4) is 0 Å². The Balaban J connectivity index is 2.49. The topological polar surface area (TPSA) is 28.4 Å². The molecule has 0 aliphatic carbocycles. The van der Waals surface area contributed by atoms with Crippen molar-refractivity contribution >= 4 is 0 Å². The molecule has 1 aromatic rings. The fraction of sp³-hybridized carbons (Fsp3) is 0.692. The predicted molar refractivity (Wildman–Crippen MR) is 67.3 cm³/mol. The molecule has 0 unspecified atom stereocenters. The van der Waals surface area contributed by atoms with Gasteiger partial charge in [0.1, 0.15) is 5.76 Å². The monoisotopic (exact) mass is 224 g/mol. The van der Waals surface area contributed by atoms with Gasteiger partial charge in [0, 0.05) is 18.7 Å². The molecule has 0 radical (unpaired) electrons. The van der Waals surface area contributed by atoms with E-state index in [4.69, 9.17) is 4.42 Å². The van der Waals surface area contributed by atoms with E-state index in [9.17, 15) is 0 Å². The van der Waals surface area contributed by atoms with E-state index in [0.29, 0.717) is 5.92 Å². The smallest absolute Gasteiger partial charge is 0.122 e. The first-order valence-electron chi connectivity index (χ1n) is 6.08. The molecular weight excluding hydrogens is 200 g/mol. The minimum atomic E-state index is 0.692. The van der Waals surface area contributed by atoms with Gasteiger partial charge in [0.2, 0.25) is 0 Å². The highest BCUT2D eigenvalue weighted by atomic mass is 16.3. The standard InChI is InChI=1S/C13H24N2O/c1-5-14-8-12-6-7-16-13(12)10-15(4)9-11(2)3/h6-7,11,14H,5,8-10H2,1-4H3. The molecule has 0 bridgehead atoms. The Labute approximate surface area is 98.8 Å². The summed E-state index contributed by atoms with van der Waals surface area (Å²) in [6.45, 7) is 10.5. The van der Waals surface area contributed by atoms with Gasteiger partial charge in [0.15, 0.2) is 0 Å². The van der Waals surface area contributed by atoms with Crippen molar-refractivity contribution in [2.24, 2.45) is 5.92 Å². The lowest BCUT2D eigenvalue weighted by Crippen LogP contribution is -2.23. The molecule has 3 heteroatoms. The number of rotatable bonds is 7. The molecule has 1 N–H and O–H groups in total. The molecule has 0 aliphatic heterocycles. The van der Waals surface area contributed by atoms with Gasteiger partial charge in [-0.15, -0.1) is 0 Å². The second kappa shape index (κ2) is 6.71. The van der Waals surface area contributed by atoms with Gasteiger partial charge in [0.25, 0.3) is 0 Å². The molecule has 0 saturated carbocycles. The van der Waals surface area contributed by atoms with Gasteiger partial charge in [-0.3, -0.25) is 4.90 Å². The molecular formula is C13H24N2O. The molecule has 1 aromatic heterocycles. The first-order chi connectivity index (χ1) is 7.63. The third kappa shape index (κ3) is 4.37.